The summed E-state index contributed by atoms with van der Waals surface area (Å²) in [6.07, 6.45) is 14.8. The van der Waals surface area contributed by atoms with Gasteiger partial charge in [-0.15, -0.1) is 0 Å². The van der Waals surface area contributed by atoms with Gasteiger partial charge < -0.3 is 4.90 Å². The topological polar surface area (TPSA) is 7.68 Å². The van der Waals surface area contributed by atoms with Crippen LogP contribution in [-0.4, -0.2) is 43.2 Å². The molecule has 2 heteroatoms. The van der Waals surface area contributed by atoms with Crippen LogP contribution in [0.15, 0.2) is 24.3 Å². The Morgan fingerprint density at radius 1 is 1.28 bits per heavy atom. The lowest BCUT2D eigenvalue weighted by Crippen LogP contribution is -3.19. The van der Waals surface area contributed by atoms with E-state index in [1.807, 2.05) is 4.90 Å². The zero-order chi connectivity index (χ0) is 12.4. The molecule has 0 radical (unpaired) electrons. The number of hydrogen-bond donors (Lipinski definition) is 1. The molecule has 1 heterocycles. The third-order valence-electron chi connectivity index (χ3n) is 5.16. The molecule has 18 heavy (non-hydrogen) atoms. The van der Waals surface area contributed by atoms with Crippen molar-refractivity contribution in [1.82, 2.24) is 4.90 Å². The van der Waals surface area contributed by atoms with E-state index in [1.54, 1.807) is 0 Å². The van der Waals surface area contributed by atoms with Crippen molar-refractivity contribution in [3.63, 3.8) is 0 Å². The van der Waals surface area contributed by atoms with E-state index in [1.165, 1.54) is 58.4 Å². The summed E-state index contributed by atoms with van der Waals surface area (Å²) in [6.45, 7) is 8.93. The molecule has 1 aliphatic heterocycles. The van der Waals surface area contributed by atoms with Gasteiger partial charge in [-0.3, -0.25) is 4.90 Å². The molecule has 1 unspecified atom stereocenters. The molecular formula is C16H27N2+. The van der Waals surface area contributed by atoms with Gasteiger partial charge in [0.15, 0.2) is 0 Å². The van der Waals surface area contributed by atoms with Gasteiger partial charge in [-0.1, -0.05) is 31.6 Å². The number of allylic oxidation sites excluding steroid dienone is 3. The molecule has 0 spiro atoms. The zero-order valence-electron chi connectivity index (χ0n) is 11.7. The van der Waals surface area contributed by atoms with E-state index in [2.05, 4.69) is 36.1 Å². The van der Waals surface area contributed by atoms with Crippen LogP contribution in [0.4, 0.5) is 0 Å². The minimum Gasteiger partial charge on any atom is -0.324 e. The molecule has 2 aliphatic carbocycles. The summed E-state index contributed by atoms with van der Waals surface area (Å²) in [6, 6.07) is 0. The maximum Gasteiger partial charge on any atom is 0.121 e. The summed E-state index contributed by atoms with van der Waals surface area (Å²) in [7, 11) is 0. The van der Waals surface area contributed by atoms with Crippen LogP contribution < -0.4 is 4.90 Å². The summed E-state index contributed by atoms with van der Waals surface area (Å²) in [5.74, 6) is 0.935. The van der Waals surface area contributed by atoms with Crippen molar-refractivity contribution >= 4 is 0 Å². The normalized spacial score (nSPS) is 36.4. The largest absolute Gasteiger partial charge is 0.324 e. The lowest BCUT2D eigenvalue weighted by Gasteiger charge is -2.36. The van der Waals surface area contributed by atoms with Gasteiger partial charge in [0, 0.05) is 25.4 Å². The molecule has 2 fully saturated rings. The SMILES string of the molecule is CCCCN1CC[NH+]([C@]23C=CC=CCC2C3)CC1. The van der Waals surface area contributed by atoms with Crippen LogP contribution in [0.5, 0.6) is 0 Å². The van der Waals surface area contributed by atoms with Crippen LogP contribution in [0, 0.1) is 5.92 Å². The van der Waals surface area contributed by atoms with E-state index in [-0.39, 0.29) is 0 Å². The average molecular weight is 247 g/mol. The molecule has 0 aromatic heterocycles. The molecule has 0 amide bonds. The number of nitrogens with one attached hydrogen (secondary N) is 1. The summed E-state index contributed by atoms with van der Waals surface area (Å²) in [5.41, 5.74) is 0.528. The Bertz CT molecular complexity index is 339. The van der Waals surface area contributed by atoms with E-state index in [0.717, 1.165) is 5.92 Å². The van der Waals surface area contributed by atoms with Crippen molar-refractivity contribution in [1.29, 1.82) is 0 Å². The predicted molar refractivity (Wildman–Crippen MR) is 75.8 cm³/mol. The highest BCUT2D eigenvalue weighted by atomic mass is 15.3. The van der Waals surface area contributed by atoms with Crippen LogP contribution in [0.3, 0.4) is 0 Å². The summed E-state index contributed by atoms with van der Waals surface area (Å²) in [4.78, 5) is 4.53. The molecule has 3 aliphatic rings. The average Bonchev–Trinajstić information content (AvgIpc) is 3.12. The molecule has 0 bridgehead atoms. The molecule has 100 valence electrons. The number of fused-ring (bicyclic) bond motifs is 1. The Labute approximate surface area is 111 Å². The first-order valence-corrected chi connectivity index (χ1v) is 7.77. The van der Waals surface area contributed by atoms with Gasteiger partial charge in [0.25, 0.3) is 0 Å². The highest BCUT2D eigenvalue weighted by molar-refractivity contribution is 5.25. The van der Waals surface area contributed by atoms with Crippen molar-refractivity contribution in [3.8, 4) is 0 Å². The third-order valence-corrected chi connectivity index (χ3v) is 5.16. The van der Waals surface area contributed by atoms with E-state index in [4.69, 9.17) is 0 Å². The highest BCUT2D eigenvalue weighted by Crippen LogP contribution is 2.45. The van der Waals surface area contributed by atoms with Crippen LogP contribution in [-0.2, 0) is 0 Å². The van der Waals surface area contributed by atoms with Gasteiger partial charge in [0.2, 0.25) is 0 Å². The number of unbranched alkanes of at least 4 members (excludes halogenated alkanes) is 1. The first-order chi connectivity index (χ1) is 8.85. The highest BCUT2D eigenvalue weighted by Gasteiger charge is 2.60. The molecule has 0 aromatic rings. The van der Waals surface area contributed by atoms with E-state index >= 15 is 0 Å². The van der Waals surface area contributed by atoms with Crippen molar-refractivity contribution in [3.05, 3.63) is 24.3 Å². The second-order valence-corrected chi connectivity index (χ2v) is 6.26. The smallest absolute Gasteiger partial charge is 0.121 e. The standard InChI is InChI=1S/C16H26N2/c1-2-3-9-17-10-12-18(13-11-17)16-8-6-4-5-7-15(16)14-16/h4-6,8,15H,2-3,7,9-14H2,1H3/p+1/t15?,16-/m0/s1. The van der Waals surface area contributed by atoms with Crippen molar-refractivity contribution in [2.45, 2.75) is 38.1 Å². The number of rotatable bonds is 4. The fraction of sp³-hybridized carbons (Fsp3) is 0.750. The molecule has 1 saturated carbocycles. The van der Waals surface area contributed by atoms with Crippen LogP contribution in [0.1, 0.15) is 32.6 Å². The first-order valence-electron chi connectivity index (χ1n) is 7.77. The Balaban J connectivity index is 1.54. The number of hydrogen-bond acceptors (Lipinski definition) is 1. The second-order valence-electron chi connectivity index (χ2n) is 6.26. The second kappa shape index (κ2) is 5.18. The fourth-order valence-corrected chi connectivity index (χ4v) is 3.84. The fourth-order valence-electron chi connectivity index (χ4n) is 3.84. The van der Waals surface area contributed by atoms with Crippen molar-refractivity contribution < 1.29 is 4.90 Å². The van der Waals surface area contributed by atoms with Gasteiger partial charge in [0.1, 0.15) is 5.54 Å². The van der Waals surface area contributed by atoms with Crippen LogP contribution in [0.2, 0.25) is 0 Å². The summed E-state index contributed by atoms with van der Waals surface area (Å²) >= 11 is 0. The van der Waals surface area contributed by atoms with E-state index in [0.29, 0.717) is 5.54 Å². The third kappa shape index (κ3) is 2.28. The van der Waals surface area contributed by atoms with Crippen molar-refractivity contribution in [2.75, 3.05) is 32.7 Å². The van der Waals surface area contributed by atoms with E-state index < -0.39 is 0 Å². The number of quaternary nitrogens is 1. The monoisotopic (exact) mass is 247 g/mol. The summed E-state index contributed by atoms with van der Waals surface area (Å²) < 4.78 is 0. The Morgan fingerprint density at radius 2 is 2.11 bits per heavy atom. The van der Waals surface area contributed by atoms with Gasteiger partial charge >= 0.3 is 0 Å². The van der Waals surface area contributed by atoms with E-state index in [9.17, 15) is 0 Å². The van der Waals surface area contributed by atoms with Crippen molar-refractivity contribution in [2.24, 2.45) is 5.92 Å². The Morgan fingerprint density at radius 3 is 2.89 bits per heavy atom. The minimum absolute atomic E-state index is 0.528. The molecule has 0 aromatic carbocycles. The van der Waals surface area contributed by atoms with Crippen LogP contribution >= 0.6 is 0 Å². The molecular weight excluding hydrogens is 220 g/mol. The number of piperazine rings is 1. The van der Waals surface area contributed by atoms with Gasteiger partial charge in [-0.2, -0.15) is 0 Å². The van der Waals surface area contributed by atoms with Gasteiger partial charge in [0.05, 0.1) is 13.1 Å². The quantitative estimate of drug-likeness (QED) is 0.786. The molecule has 2 atom stereocenters. The zero-order valence-corrected chi connectivity index (χ0v) is 11.7. The van der Waals surface area contributed by atoms with Crippen LogP contribution in [0.25, 0.3) is 0 Å². The lowest BCUT2D eigenvalue weighted by molar-refractivity contribution is -0.935. The molecule has 1 N–H and O–H groups in total. The van der Waals surface area contributed by atoms with Gasteiger partial charge in [-0.25, -0.2) is 0 Å². The molecule has 2 nitrogen and oxygen atoms in total. The molecule has 3 rings (SSSR count). The Hall–Kier alpha value is -0.600. The Kier molecular flexibility index (Phi) is 3.58. The summed E-state index contributed by atoms with van der Waals surface area (Å²) in [5, 5.41) is 0. The minimum atomic E-state index is 0.528. The maximum atomic E-state index is 2.67. The predicted octanol–water partition coefficient (Wildman–Crippen LogP) is 1.26. The first kappa shape index (κ1) is 12.4. The number of nitrogens with zero attached hydrogens (tertiary/aromatic N) is 1. The van der Waals surface area contributed by atoms with Gasteiger partial charge in [-0.05, 0) is 25.5 Å². The lowest BCUT2D eigenvalue weighted by atomic mass is 10.1. The maximum absolute atomic E-state index is 2.67. The molecule has 1 saturated heterocycles.